The normalized spacial score (nSPS) is 14.0. The van der Waals surface area contributed by atoms with Gasteiger partial charge in [-0.3, -0.25) is 0 Å². The van der Waals surface area contributed by atoms with Gasteiger partial charge in [0.15, 0.2) is 0 Å². The minimum absolute atomic E-state index is 0. The Morgan fingerprint density at radius 1 is 1.04 bits per heavy atom. The number of fused-ring (bicyclic) bond motifs is 2. The van der Waals surface area contributed by atoms with E-state index in [4.69, 9.17) is 4.52 Å². The summed E-state index contributed by atoms with van der Waals surface area (Å²) in [6.07, 6.45) is 2.00. The van der Waals surface area contributed by atoms with E-state index in [1.165, 1.54) is 0 Å². The van der Waals surface area contributed by atoms with Gasteiger partial charge in [0.2, 0.25) is 0 Å². The summed E-state index contributed by atoms with van der Waals surface area (Å²) in [6.45, 7) is 3.94. The van der Waals surface area contributed by atoms with Crippen LogP contribution in [0, 0.1) is 0 Å². The van der Waals surface area contributed by atoms with Gasteiger partial charge in [-0.15, -0.1) is 35.0 Å². The number of halogens is 2. The Morgan fingerprint density at radius 3 is 2.36 bits per heavy atom. The Kier molecular flexibility index (Phi) is 8.47. The maximum absolute atomic E-state index is 13.0. The van der Waals surface area contributed by atoms with Gasteiger partial charge in [-0.25, -0.2) is 4.57 Å². The van der Waals surface area contributed by atoms with Crippen LogP contribution in [-0.4, -0.2) is 4.89 Å². The molecule has 1 radical (unpaired) electrons. The number of benzene rings is 2. The fourth-order valence-electron chi connectivity index (χ4n) is 3.14. The largest absolute Gasteiger partial charge is 3.00 e. The molecule has 0 fully saturated rings. The molecule has 3 aromatic carbocycles. The van der Waals surface area contributed by atoms with Crippen molar-refractivity contribution in [2.24, 2.45) is 0 Å². The second kappa shape index (κ2) is 9.54. The van der Waals surface area contributed by atoms with E-state index >= 15 is 0 Å². The van der Waals surface area contributed by atoms with Crippen molar-refractivity contribution in [1.82, 2.24) is 0 Å². The van der Waals surface area contributed by atoms with Crippen LogP contribution in [-0.2, 0) is 30.8 Å². The molecule has 0 heterocycles. The molecule has 4 rings (SSSR count). The second-order valence-electron chi connectivity index (χ2n) is 6.43. The average Bonchev–Trinajstić information content (AvgIpc) is 3.17. The fraction of sp³-hybridized carbons (Fsp3) is 0.0952. The molecule has 0 saturated heterocycles. The zero-order chi connectivity index (χ0) is 17.6. The topological polar surface area (TPSA) is 46.5 Å². The fourth-order valence-corrected chi connectivity index (χ4v) is 4.29. The molecule has 0 aromatic heterocycles. The Labute approximate surface area is 191 Å². The smallest absolute Gasteiger partial charge is 1.00 e. The van der Waals surface area contributed by atoms with Gasteiger partial charge >= 0.3 is 29.3 Å². The van der Waals surface area contributed by atoms with Gasteiger partial charge in [0, 0.05) is 10.8 Å². The molecule has 0 bridgehead atoms. The minimum Gasteiger partial charge on any atom is -1.00 e. The second-order valence-corrected chi connectivity index (χ2v) is 8.17. The molecule has 7 heteroatoms. The van der Waals surface area contributed by atoms with E-state index in [9.17, 15) is 9.46 Å². The molecule has 0 amide bonds. The molecule has 0 saturated carbocycles. The van der Waals surface area contributed by atoms with E-state index in [0.29, 0.717) is 11.1 Å². The SMILES string of the molecule is CC(C)=C1C=c2ccccc2=C1OP(=O)(O)c1cc2ccccc2[cH-]1.[Cl-].[Cl-].[Ti+3]. The molecular weight excluding hydrogens is 450 g/mol. The molecular formula is C21H18Cl2O3PTi. The van der Waals surface area contributed by atoms with Gasteiger partial charge < -0.3 is 34.2 Å². The molecule has 1 unspecified atom stereocenters. The molecule has 143 valence electrons. The van der Waals surface area contributed by atoms with Gasteiger partial charge in [0.1, 0.15) is 5.76 Å². The van der Waals surface area contributed by atoms with E-state index in [1.54, 1.807) is 12.1 Å². The van der Waals surface area contributed by atoms with Crippen molar-refractivity contribution in [3.05, 3.63) is 82.2 Å². The van der Waals surface area contributed by atoms with Crippen LogP contribution in [0.1, 0.15) is 13.8 Å². The van der Waals surface area contributed by atoms with Crippen molar-refractivity contribution < 1.29 is 60.5 Å². The van der Waals surface area contributed by atoms with Gasteiger partial charge in [-0.2, -0.15) is 6.07 Å². The molecule has 1 aliphatic carbocycles. The van der Waals surface area contributed by atoms with Crippen molar-refractivity contribution >= 4 is 35.5 Å². The number of allylic oxidation sites excluding steroid dienone is 1. The van der Waals surface area contributed by atoms with E-state index in [2.05, 4.69) is 0 Å². The van der Waals surface area contributed by atoms with E-state index in [1.807, 2.05) is 68.5 Å². The summed E-state index contributed by atoms with van der Waals surface area (Å²) in [7, 11) is -3.99. The van der Waals surface area contributed by atoms with Crippen LogP contribution in [0.5, 0.6) is 0 Å². The summed E-state index contributed by atoms with van der Waals surface area (Å²) in [6, 6.07) is 18.9. The molecule has 0 aliphatic heterocycles. The monoisotopic (exact) mass is 467 g/mol. The van der Waals surface area contributed by atoms with Crippen molar-refractivity contribution in [1.29, 1.82) is 0 Å². The zero-order valence-corrected chi connectivity index (χ0v) is 19.3. The first kappa shape index (κ1) is 24.9. The predicted octanol–water partition coefficient (Wildman–Crippen LogP) is -2.67. The van der Waals surface area contributed by atoms with Crippen LogP contribution < -0.4 is 40.6 Å². The van der Waals surface area contributed by atoms with Gasteiger partial charge in [0.25, 0.3) is 0 Å². The molecule has 1 N–H and O–H groups in total. The minimum atomic E-state index is -3.99. The first-order valence-electron chi connectivity index (χ1n) is 8.13. The molecule has 3 nitrogen and oxygen atoms in total. The summed E-state index contributed by atoms with van der Waals surface area (Å²) in [5, 5.41) is 4.03. The Balaban J connectivity index is 0.00000131. The Bertz CT molecular complexity index is 1160. The van der Waals surface area contributed by atoms with E-state index < -0.39 is 7.60 Å². The Morgan fingerprint density at radius 2 is 1.68 bits per heavy atom. The Hall–Kier alpha value is -1.19. The van der Waals surface area contributed by atoms with Crippen molar-refractivity contribution in [3.63, 3.8) is 0 Å². The number of rotatable bonds is 3. The number of hydrogen-bond acceptors (Lipinski definition) is 2. The molecule has 28 heavy (non-hydrogen) atoms. The molecule has 3 aromatic rings. The summed E-state index contributed by atoms with van der Waals surface area (Å²) in [5.41, 5.74) is 1.91. The van der Waals surface area contributed by atoms with Gasteiger partial charge in [-0.05, 0) is 30.4 Å². The standard InChI is InChI=1S/C21H18O3P.2ClH.Ti/c1-14(2)20-13-17-9-5-6-10-19(17)21(20)24-25(22,23)18-11-15-7-3-4-8-16(15)12-18;;;/h3-13H,1-2H3,(H,22,23);2*1H;/q-1;;;+3/p-2. The first-order chi connectivity index (χ1) is 12.0. The molecule has 1 atom stereocenters. The van der Waals surface area contributed by atoms with Crippen LogP contribution >= 0.6 is 7.60 Å². The van der Waals surface area contributed by atoms with Crippen LogP contribution in [0.3, 0.4) is 0 Å². The van der Waals surface area contributed by atoms with Crippen molar-refractivity contribution in [2.75, 3.05) is 0 Å². The van der Waals surface area contributed by atoms with E-state index in [0.717, 1.165) is 32.4 Å². The molecule has 1 aliphatic rings. The maximum Gasteiger partial charge on any atom is 3.00 e. The quantitative estimate of drug-likeness (QED) is 0.260. The van der Waals surface area contributed by atoms with Gasteiger partial charge in [0.05, 0.1) is 0 Å². The summed E-state index contributed by atoms with van der Waals surface area (Å²) < 4.78 is 18.7. The van der Waals surface area contributed by atoms with Crippen LogP contribution in [0.15, 0.2) is 71.8 Å². The average molecular weight is 468 g/mol. The van der Waals surface area contributed by atoms with Crippen LogP contribution in [0.25, 0.3) is 22.6 Å². The van der Waals surface area contributed by atoms with Crippen LogP contribution in [0.4, 0.5) is 0 Å². The van der Waals surface area contributed by atoms with Crippen molar-refractivity contribution in [3.8, 4) is 0 Å². The van der Waals surface area contributed by atoms with E-state index in [-0.39, 0.29) is 46.5 Å². The van der Waals surface area contributed by atoms with Gasteiger partial charge in [-0.1, -0.05) is 35.9 Å². The molecule has 0 spiro atoms. The third-order valence-corrected chi connectivity index (χ3v) is 5.77. The summed E-state index contributed by atoms with van der Waals surface area (Å²) in [5.74, 6) is 0.478. The summed E-state index contributed by atoms with van der Waals surface area (Å²) in [4.78, 5) is 10.6. The predicted molar refractivity (Wildman–Crippen MR) is 102 cm³/mol. The van der Waals surface area contributed by atoms with Crippen LogP contribution in [0.2, 0.25) is 0 Å². The first-order valence-corrected chi connectivity index (χ1v) is 9.71. The summed E-state index contributed by atoms with van der Waals surface area (Å²) >= 11 is 0. The number of hydrogen-bond donors (Lipinski definition) is 1. The van der Waals surface area contributed by atoms with Crippen molar-refractivity contribution in [2.45, 2.75) is 13.8 Å². The maximum atomic E-state index is 13.0. The third kappa shape index (κ3) is 4.52. The zero-order valence-electron chi connectivity index (χ0n) is 15.3. The third-order valence-electron chi connectivity index (χ3n) is 4.43.